The molecule has 4 rings (SSSR count). The number of fused-ring (bicyclic) bond motifs is 1. The first-order valence-corrected chi connectivity index (χ1v) is 8.17. The zero-order valence-electron chi connectivity index (χ0n) is 12.8. The fourth-order valence-electron chi connectivity index (χ4n) is 4.31. The second-order valence-electron chi connectivity index (χ2n) is 6.37. The van der Waals surface area contributed by atoms with E-state index in [2.05, 4.69) is 6.58 Å². The normalized spacial score (nSPS) is 36.2. The van der Waals surface area contributed by atoms with Crippen LogP contribution in [0.5, 0.6) is 0 Å². The summed E-state index contributed by atoms with van der Waals surface area (Å²) in [5.41, 5.74) is -0.269. The number of nitrogens with zero attached hydrogens (tertiary/aromatic N) is 1. The number of hydrogen-bond donors (Lipinski definition) is 1. The van der Waals surface area contributed by atoms with E-state index in [0.717, 1.165) is 0 Å². The van der Waals surface area contributed by atoms with Crippen molar-refractivity contribution >= 4 is 29.2 Å². The molecular weight excluding hydrogens is 330 g/mol. The summed E-state index contributed by atoms with van der Waals surface area (Å²) in [4.78, 5) is 26.5. The number of carbonyl (C=O) groups is 2. The van der Waals surface area contributed by atoms with E-state index in [1.165, 1.54) is 0 Å². The van der Waals surface area contributed by atoms with Crippen LogP contribution in [0.3, 0.4) is 0 Å². The first-order valence-electron chi connectivity index (χ1n) is 7.79. The lowest BCUT2D eigenvalue weighted by atomic mass is 9.74. The van der Waals surface area contributed by atoms with Crippen molar-refractivity contribution in [2.75, 3.05) is 4.90 Å². The van der Waals surface area contributed by atoms with Gasteiger partial charge in [-0.25, -0.2) is 0 Å². The molecule has 1 aromatic carbocycles. The molecule has 0 saturated carbocycles. The Morgan fingerprint density at radius 3 is 2.96 bits per heavy atom. The van der Waals surface area contributed by atoms with Gasteiger partial charge in [0.05, 0.1) is 18.1 Å². The molecule has 1 spiro atoms. The lowest BCUT2D eigenvalue weighted by Crippen LogP contribution is -2.45. The number of hydrogen-bond acceptors (Lipinski definition) is 3. The number of carbonyl (C=O) groups excluding carboxylic acids is 1. The minimum atomic E-state index is -1.00. The van der Waals surface area contributed by atoms with Gasteiger partial charge in [0.15, 0.2) is 0 Å². The van der Waals surface area contributed by atoms with Crippen molar-refractivity contribution < 1.29 is 19.4 Å². The van der Waals surface area contributed by atoms with Crippen molar-refractivity contribution in [3.05, 3.63) is 54.1 Å². The molecule has 24 heavy (non-hydrogen) atoms. The molecule has 5 atom stereocenters. The Kier molecular flexibility index (Phi) is 3.34. The maximum atomic E-state index is 13.2. The van der Waals surface area contributed by atoms with Crippen molar-refractivity contribution in [3.63, 3.8) is 0 Å². The number of benzene rings is 1. The van der Waals surface area contributed by atoms with E-state index in [0.29, 0.717) is 17.1 Å². The van der Waals surface area contributed by atoms with Crippen LogP contribution in [0.1, 0.15) is 6.42 Å². The van der Waals surface area contributed by atoms with Gasteiger partial charge in [0.25, 0.3) is 0 Å². The SMILES string of the molecule is C=CC[C@H]1N(c2cccc(Cl)c2)C(=O)[C@H]2[C@@H](C(=O)O)[C@H]3C=C[C@]21O3. The molecule has 1 aromatic rings. The largest absolute Gasteiger partial charge is 0.481 e. The van der Waals surface area contributed by atoms with Crippen molar-refractivity contribution in [1.82, 2.24) is 0 Å². The van der Waals surface area contributed by atoms with Crippen LogP contribution >= 0.6 is 11.6 Å². The van der Waals surface area contributed by atoms with E-state index in [1.807, 2.05) is 6.08 Å². The number of anilines is 1. The lowest BCUT2D eigenvalue weighted by Gasteiger charge is -2.32. The van der Waals surface area contributed by atoms with Gasteiger partial charge >= 0.3 is 5.97 Å². The standard InChI is InChI=1S/C18H16ClNO4/c1-2-4-13-18-8-7-12(24-18)14(17(22)23)15(18)16(21)20(13)11-6-3-5-10(19)9-11/h2-3,5-9,12-15H,1,4H2,(H,22,23)/t12-,13-,14+,15-,18-/m1/s1. The Morgan fingerprint density at radius 1 is 1.50 bits per heavy atom. The monoisotopic (exact) mass is 345 g/mol. The Bertz CT molecular complexity index is 776. The average Bonchev–Trinajstić information content (AvgIpc) is 3.17. The molecule has 2 saturated heterocycles. The van der Waals surface area contributed by atoms with Gasteiger partial charge in [0, 0.05) is 10.7 Å². The van der Waals surface area contributed by atoms with Gasteiger partial charge in [-0.2, -0.15) is 0 Å². The Hall–Kier alpha value is -2.11. The van der Waals surface area contributed by atoms with Crippen LogP contribution in [0.4, 0.5) is 5.69 Å². The number of amides is 1. The molecule has 2 bridgehead atoms. The van der Waals surface area contributed by atoms with Gasteiger partial charge in [0.1, 0.15) is 11.5 Å². The summed E-state index contributed by atoms with van der Waals surface area (Å²) >= 11 is 6.07. The molecular formula is C18H16ClNO4. The number of rotatable bonds is 4. The molecule has 5 nitrogen and oxygen atoms in total. The Balaban J connectivity index is 1.85. The lowest BCUT2D eigenvalue weighted by molar-refractivity contribution is -0.146. The maximum absolute atomic E-state index is 13.2. The second-order valence-corrected chi connectivity index (χ2v) is 6.80. The topological polar surface area (TPSA) is 66.8 Å². The number of ether oxygens (including phenoxy) is 1. The highest BCUT2D eigenvalue weighted by molar-refractivity contribution is 6.31. The average molecular weight is 346 g/mol. The molecule has 0 radical (unpaired) electrons. The van der Waals surface area contributed by atoms with Gasteiger partial charge in [-0.15, -0.1) is 6.58 Å². The molecule has 6 heteroatoms. The summed E-state index contributed by atoms with van der Waals surface area (Å²) in [6.45, 7) is 3.78. The van der Waals surface area contributed by atoms with E-state index in [4.69, 9.17) is 16.3 Å². The predicted molar refractivity (Wildman–Crippen MR) is 88.9 cm³/mol. The van der Waals surface area contributed by atoms with Crippen LogP contribution in [-0.2, 0) is 14.3 Å². The minimum absolute atomic E-state index is 0.233. The molecule has 124 valence electrons. The number of carboxylic acid groups (broad SMARTS) is 1. The van der Waals surface area contributed by atoms with Crippen LogP contribution in [0.25, 0.3) is 0 Å². The Morgan fingerprint density at radius 2 is 2.29 bits per heavy atom. The van der Waals surface area contributed by atoms with Crippen LogP contribution in [0.15, 0.2) is 49.1 Å². The third-order valence-corrected chi connectivity index (χ3v) is 5.42. The van der Waals surface area contributed by atoms with E-state index in [9.17, 15) is 14.7 Å². The van der Waals surface area contributed by atoms with Crippen LogP contribution < -0.4 is 4.90 Å². The number of aliphatic carboxylic acids is 1. The highest BCUT2D eigenvalue weighted by atomic mass is 35.5. The zero-order valence-corrected chi connectivity index (χ0v) is 13.5. The number of carboxylic acids is 1. The zero-order chi connectivity index (χ0) is 17.1. The molecule has 1 amide bonds. The quantitative estimate of drug-likeness (QED) is 0.852. The van der Waals surface area contributed by atoms with Crippen LogP contribution in [0.2, 0.25) is 5.02 Å². The molecule has 3 aliphatic heterocycles. The number of halogens is 1. The predicted octanol–water partition coefficient (Wildman–Crippen LogP) is 2.66. The van der Waals surface area contributed by atoms with Crippen molar-refractivity contribution in [2.24, 2.45) is 11.8 Å². The van der Waals surface area contributed by atoms with E-state index >= 15 is 0 Å². The summed E-state index contributed by atoms with van der Waals surface area (Å²) in [5.74, 6) is -2.83. The molecule has 2 fully saturated rings. The third-order valence-electron chi connectivity index (χ3n) is 5.18. The summed E-state index contributed by atoms with van der Waals surface area (Å²) in [6.07, 6.45) is 5.30. The van der Waals surface area contributed by atoms with Crippen LogP contribution in [-0.4, -0.2) is 34.7 Å². The first-order chi connectivity index (χ1) is 11.5. The first kappa shape index (κ1) is 15.4. The summed E-state index contributed by atoms with van der Waals surface area (Å²) in [7, 11) is 0. The van der Waals surface area contributed by atoms with E-state index in [1.54, 1.807) is 41.3 Å². The summed E-state index contributed by atoms with van der Waals surface area (Å²) in [6, 6.07) is 6.67. The minimum Gasteiger partial charge on any atom is -0.481 e. The fourth-order valence-corrected chi connectivity index (χ4v) is 4.50. The smallest absolute Gasteiger partial charge is 0.310 e. The molecule has 0 aromatic heterocycles. The molecule has 3 aliphatic rings. The van der Waals surface area contributed by atoms with Gasteiger partial charge in [-0.3, -0.25) is 9.59 Å². The molecule has 1 N–H and O–H groups in total. The van der Waals surface area contributed by atoms with Gasteiger partial charge in [-0.05, 0) is 24.6 Å². The Labute approximate surface area is 144 Å². The van der Waals surface area contributed by atoms with Gasteiger partial charge < -0.3 is 14.7 Å². The summed E-state index contributed by atoms with van der Waals surface area (Å²) in [5, 5.41) is 10.1. The van der Waals surface area contributed by atoms with Crippen LogP contribution in [0, 0.1) is 11.8 Å². The van der Waals surface area contributed by atoms with Crippen molar-refractivity contribution in [1.29, 1.82) is 0 Å². The summed E-state index contributed by atoms with van der Waals surface area (Å²) < 4.78 is 6.04. The highest BCUT2D eigenvalue weighted by Crippen LogP contribution is 2.56. The highest BCUT2D eigenvalue weighted by Gasteiger charge is 2.71. The van der Waals surface area contributed by atoms with Gasteiger partial charge in [-0.1, -0.05) is 35.9 Å². The van der Waals surface area contributed by atoms with E-state index < -0.39 is 29.5 Å². The second kappa shape index (κ2) is 5.19. The molecule has 0 aliphatic carbocycles. The maximum Gasteiger partial charge on any atom is 0.310 e. The van der Waals surface area contributed by atoms with Crippen molar-refractivity contribution in [2.45, 2.75) is 24.2 Å². The third kappa shape index (κ3) is 1.85. The molecule has 3 heterocycles. The fraction of sp³-hybridized carbons (Fsp3) is 0.333. The van der Waals surface area contributed by atoms with Crippen molar-refractivity contribution in [3.8, 4) is 0 Å². The molecule has 0 unspecified atom stereocenters. The van der Waals surface area contributed by atoms with E-state index in [-0.39, 0.29) is 11.9 Å². The van der Waals surface area contributed by atoms with Gasteiger partial charge in [0.2, 0.25) is 5.91 Å².